The van der Waals surface area contributed by atoms with Crippen LogP contribution in [0, 0.1) is 0 Å². The van der Waals surface area contributed by atoms with Crippen molar-refractivity contribution in [2.24, 2.45) is 0 Å². The molecular weight excluding hydrogens is 913 g/mol. The molecule has 0 spiro atoms. The molecule has 0 aromatic rings. The van der Waals surface area contributed by atoms with Gasteiger partial charge in [-0.25, -0.2) is 0 Å². The van der Waals surface area contributed by atoms with E-state index in [2.05, 4.69) is 81.5 Å². The number of esters is 3. The molecule has 0 fully saturated rings. The number of ether oxygens (including phenoxy) is 3. The first-order valence-electron chi connectivity index (χ1n) is 32.3. The van der Waals surface area contributed by atoms with Crippen molar-refractivity contribution >= 4 is 17.9 Å². The summed E-state index contributed by atoms with van der Waals surface area (Å²) in [5, 5.41) is 0. The monoisotopic (exact) mass is 1030 g/mol. The second kappa shape index (κ2) is 62.6. The summed E-state index contributed by atoms with van der Waals surface area (Å²) in [6.07, 6.45) is 79.6. The molecule has 0 radical (unpaired) electrons. The fraction of sp³-hybridized carbons (Fsp3) is 0.809. The van der Waals surface area contributed by atoms with Crippen LogP contribution in [0.2, 0.25) is 0 Å². The van der Waals surface area contributed by atoms with E-state index in [4.69, 9.17) is 14.2 Å². The fourth-order valence-corrected chi connectivity index (χ4v) is 9.43. The van der Waals surface area contributed by atoms with E-state index in [1.54, 1.807) is 0 Å². The molecule has 0 N–H and O–H groups in total. The molecule has 0 aliphatic carbocycles. The molecule has 0 rings (SSSR count). The van der Waals surface area contributed by atoms with Crippen LogP contribution >= 0.6 is 0 Å². The van der Waals surface area contributed by atoms with Gasteiger partial charge in [-0.2, -0.15) is 0 Å². The van der Waals surface area contributed by atoms with E-state index in [-0.39, 0.29) is 37.5 Å². The quantitative estimate of drug-likeness (QED) is 0.0261. The van der Waals surface area contributed by atoms with Crippen LogP contribution in [0.15, 0.2) is 60.8 Å². The normalized spacial score (nSPS) is 12.4. The third kappa shape index (κ3) is 60.0. The minimum Gasteiger partial charge on any atom is -0.462 e. The van der Waals surface area contributed by atoms with Crippen LogP contribution in [0.4, 0.5) is 0 Å². The van der Waals surface area contributed by atoms with Crippen LogP contribution in [0.1, 0.15) is 335 Å². The lowest BCUT2D eigenvalue weighted by Crippen LogP contribution is -2.30. The third-order valence-corrected chi connectivity index (χ3v) is 14.3. The Bertz CT molecular complexity index is 1330. The van der Waals surface area contributed by atoms with E-state index in [1.165, 1.54) is 205 Å². The standard InChI is InChI=1S/C68H122O6/c1-4-7-10-13-16-19-22-25-28-29-30-31-32-33-34-35-36-37-38-39-41-43-46-49-52-55-58-61-67(70)73-64-65(63-72-66(69)60-57-54-51-48-45-42-27-24-21-18-15-12-9-6-3)74-68(71)62-59-56-53-50-47-44-40-26-23-20-17-14-11-8-5-2/h8,11,17,20,24,26-27,40,47,50,65H,4-7,9-10,12-16,18-19,21-23,25,28-39,41-46,48-49,51-64H2,1-3H3/b11-8-,20-17-,27-24-,40-26-,50-47-. The minimum atomic E-state index is -0.798. The summed E-state index contributed by atoms with van der Waals surface area (Å²) >= 11 is 0. The fourth-order valence-electron chi connectivity index (χ4n) is 9.43. The van der Waals surface area contributed by atoms with Crippen molar-refractivity contribution in [2.45, 2.75) is 341 Å². The SMILES string of the molecule is CC/C=C\C/C=C\C/C=C\C/C=C\CCCCC(=O)OC(COC(=O)CCCCCCC/C=C\CCCCCCC)COC(=O)CCCCCCCCCCCCCCCCCCCCCCCCCCCCC. The van der Waals surface area contributed by atoms with E-state index in [0.717, 1.165) is 83.5 Å². The van der Waals surface area contributed by atoms with E-state index in [1.807, 2.05) is 0 Å². The minimum absolute atomic E-state index is 0.0907. The van der Waals surface area contributed by atoms with Crippen molar-refractivity contribution in [3.63, 3.8) is 0 Å². The van der Waals surface area contributed by atoms with Crippen LogP contribution in [0.5, 0.6) is 0 Å². The zero-order chi connectivity index (χ0) is 53.6. The summed E-state index contributed by atoms with van der Waals surface area (Å²) in [7, 11) is 0. The second-order valence-electron chi connectivity index (χ2n) is 21.6. The summed E-state index contributed by atoms with van der Waals surface area (Å²) in [5.41, 5.74) is 0. The zero-order valence-corrected chi connectivity index (χ0v) is 49.4. The predicted molar refractivity (Wildman–Crippen MR) is 321 cm³/mol. The van der Waals surface area contributed by atoms with Gasteiger partial charge in [0.1, 0.15) is 13.2 Å². The average Bonchev–Trinajstić information content (AvgIpc) is 3.40. The van der Waals surface area contributed by atoms with Gasteiger partial charge in [-0.05, 0) is 83.5 Å². The highest BCUT2D eigenvalue weighted by atomic mass is 16.6. The van der Waals surface area contributed by atoms with Crippen LogP contribution < -0.4 is 0 Å². The molecule has 1 atom stereocenters. The van der Waals surface area contributed by atoms with Crippen molar-refractivity contribution in [2.75, 3.05) is 13.2 Å². The Balaban J connectivity index is 4.24. The lowest BCUT2D eigenvalue weighted by Gasteiger charge is -2.18. The maximum Gasteiger partial charge on any atom is 0.306 e. The van der Waals surface area contributed by atoms with Crippen molar-refractivity contribution < 1.29 is 28.6 Å². The molecule has 0 saturated heterocycles. The molecule has 0 aliphatic heterocycles. The summed E-state index contributed by atoms with van der Waals surface area (Å²) in [6.45, 7) is 6.52. The molecule has 430 valence electrons. The largest absolute Gasteiger partial charge is 0.462 e. The Morgan fingerprint density at radius 1 is 0.284 bits per heavy atom. The summed E-state index contributed by atoms with van der Waals surface area (Å²) in [5.74, 6) is -0.926. The lowest BCUT2D eigenvalue weighted by atomic mass is 10.0. The molecule has 0 aromatic carbocycles. The Morgan fingerprint density at radius 3 is 0.865 bits per heavy atom. The van der Waals surface area contributed by atoms with E-state index >= 15 is 0 Å². The Kier molecular flexibility index (Phi) is 60.2. The van der Waals surface area contributed by atoms with Crippen molar-refractivity contribution in [3.8, 4) is 0 Å². The maximum absolute atomic E-state index is 12.9. The molecule has 74 heavy (non-hydrogen) atoms. The number of carbonyl (C=O) groups is 3. The van der Waals surface area contributed by atoms with Crippen LogP contribution in [0.25, 0.3) is 0 Å². The van der Waals surface area contributed by atoms with Crippen molar-refractivity contribution in [3.05, 3.63) is 60.8 Å². The molecule has 0 bridgehead atoms. The zero-order valence-electron chi connectivity index (χ0n) is 49.4. The molecule has 0 aromatic heterocycles. The van der Waals surface area contributed by atoms with Gasteiger partial charge in [-0.3, -0.25) is 14.4 Å². The molecule has 6 heteroatoms. The maximum atomic E-state index is 12.9. The van der Waals surface area contributed by atoms with E-state index in [9.17, 15) is 14.4 Å². The number of hydrogen-bond donors (Lipinski definition) is 0. The highest BCUT2D eigenvalue weighted by Crippen LogP contribution is 2.18. The predicted octanol–water partition coefficient (Wildman–Crippen LogP) is 21.9. The Hall–Kier alpha value is -2.89. The van der Waals surface area contributed by atoms with Gasteiger partial charge in [0.25, 0.3) is 0 Å². The van der Waals surface area contributed by atoms with Gasteiger partial charge in [0.15, 0.2) is 6.10 Å². The molecule has 0 amide bonds. The lowest BCUT2D eigenvalue weighted by molar-refractivity contribution is -0.167. The highest BCUT2D eigenvalue weighted by molar-refractivity contribution is 5.71. The number of rotatable bonds is 59. The van der Waals surface area contributed by atoms with Crippen molar-refractivity contribution in [1.82, 2.24) is 0 Å². The average molecular weight is 1040 g/mol. The van der Waals surface area contributed by atoms with Gasteiger partial charge >= 0.3 is 17.9 Å². The van der Waals surface area contributed by atoms with Crippen LogP contribution in [0.3, 0.4) is 0 Å². The molecule has 1 unspecified atom stereocenters. The number of hydrogen-bond acceptors (Lipinski definition) is 6. The van der Waals surface area contributed by atoms with Gasteiger partial charge in [0.05, 0.1) is 0 Å². The number of unbranched alkanes of at least 4 members (excludes halogenated alkanes) is 38. The molecule has 0 aliphatic rings. The van der Waals surface area contributed by atoms with Gasteiger partial charge in [0.2, 0.25) is 0 Å². The molecule has 0 saturated carbocycles. The van der Waals surface area contributed by atoms with Crippen molar-refractivity contribution in [1.29, 1.82) is 0 Å². The van der Waals surface area contributed by atoms with Crippen LogP contribution in [-0.4, -0.2) is 37.2 Å². The smallest absolute Gasteiger partial charge is 0.306 e. The molecular formula is C68H122O6. The molecule has 6 nitrogen and oxygen atoms in total. The number of carbonyl (C=O) groups excluding carboxylic acids is 3. The van der Waals surface area contributed by atoms with E-state index in [0.29, 0.717) is 19.3 Å². The van der Waals surface area contributed by atoms with Gasteiger partial charge in [-0.15, -0.1) is 0 Å². The van der Waals surface area contributed by atoms with Gasteiger partial charge < -0.3 is 14.2 Å². The topological polar surface area (TPSA) is 78.9 Å². The Morgan fingerprint density at radius 2 is 0.527 bits per heavy atom. The summed E-state index contributed by atoms with van der Waals surface area (Å²) in [6, 6.07) is 0. The van der Waals surface area contributed by atoms with E-state index < -0.39 is 6.10 Å². The molecule has 0 heterocycles. The second-order valence-corrected chi connectivity index (χ2v) is 21.6. The third-order valence-electron chi connectivity index (χ3n) is 14.3. The van der Waals surface area contributed by atoms with Gasteiger partial charge in [-0.1, -0.05) is 293 Å². The summed E-state index contributed by atoms with van der Waals surface area (Å²) in [4.78, 5) is 38.2. The first kappa shape index (κ1) is 71.1. The highest BCUT2D eigenvalue weighted by Gasteiger charge is 2.19. The van der Waals surface area contributed by atoms with Gasteiger partial charge in [0, 0.05) is 19.3 Å². The first-order chi connectivity index (χ1) is 36.5. The Labute approximate surface area is 460 Å². The van der Waals surface area contributed by atoms with Crippen LogP contribution in [-0.2, 0) is 28.6 Å². The first-order valence-corrected chi connectivity index (χ1v) is 32.3. The summed E-state index contributed by atoms with van der Waals surface area (Å²) < 4.78 is 16.9. The number of allylic oxidation sites excluding steroid dienone is 10.